The van der Waals surface area contributed by atoms with Crippen molar-refractivity contribution in [2.75, 3.05) is 33.3 Å². The molecule has 0 bridgehead atoms. The van der Waals surface area contributed by atoms with Gasteiger partial charge in [0.05, 0.1) is 18.2 Å². The molecule has 1 unspecified atom stereocenters. The Balaban J connectivity index is 2.01. The van der Waals surface area contributed by atoms with Crippen molar-refractivity contribution in [2.45, 2.75) is 63.7 Å². The summed E-state index contributed by atoms with van der Waals surface area (Å²) in [5.74, 6) is 0. The molecule has 0 saturated carbocycles. The summed E-state index contributed by atoms with van der Waals surface area (Å²) in [5.41, 5.74) is -1.21. The second-order valence-electron chi connectivity index (χ2n) is 7.94. The minimum Gasteiger partial charge on any atom is -0.444 e. The predicted octanol–water partition coefficient (Wildman–Crippen LogP) is 2.39. The van der Waals surface area contributed by atoms with E-state index < -0.39 is 11.1 Å². The molecule has 0 aromatic heterocycles. The Morgan fingerprint density at radius 3 is 2.26 bits per heavy atom. The van der Waals surface area contributed by atoms with E-state index in [4.69, 9.17) is 9.47 Å². The highest BCUT2D eigenvalue weighted by Gasteiger charge is 2.48. The third-order valence-corrected chi connectivity index (χ3v) is 5.03. The van der Waals surface area contributed by atoms with Crippen molar-refractivity contribution >= 4 is 6.09 Å². The number of nitriles is 1. The van der Waals surface area contributed by atoms with Crippen LogP contribution in [0.5, 0.6) is 0 Å². The van der Waals surface area contributed by atoms with Gasteiger partial charge in [-0.1, -0.05) is 0 Å². The number of hydrogen-bond acceptors (Lipinski definition) is 5. The maximum atomic E-state index is 12.3. The summed E-state index contributed by atoms with van der Waals surface area (Å²) in [5, 5.41) is 9.79. The molecule has 0 radical (unpaired) electrons. The number of rotatable bonds is 2. The molecule has 0 N–H and O–H groups in total. The van der Waals surface area contributed by atoms with Gasteiger partial charge >= 0.3 is 6.09 Å². The maximum Gasteiger partial charge on any atom is 0.410 e. The van der Waals surface area contributed by atoms with E-state index in [9.17, 15) is 10.1 Å². The summed E-state index contributed by atoms with van der Waals surface area (Å²) < 4.78 is 11.0. The molecule has 2 rings (SSSR count). The predicted molar refractivity (Wildman–Crippen MR) is 87.0 cm³/mol. The molecule has 2 fully saturated rings. The smallest absolute Gasteiger partial charge is 0.410 e. The van der Waals surface area contributed by atoms with Gasteiger partial charge in [-0.3, -0.25) is 4.90 Å². The second kappa shape index (κ2) is 6.29. The Kier molecular flexibility index (Phi) is 4.93. The van der Waals surface area contributed by atoms with Crippen LogP contribution in [0.1, 0.15) is 47.0 Å². The van der Waals surface area contributed by atoms with E-state index in [0.29, 0.717) is 19.5 Å². The molecule has 130 valence electrons. The fraction of sp³-hybridized carbons (Fsp3) is 0.882. The second-order valence-corrected chi connectivity index (χ2v) is 7.94. The van der Waals surface area contributed by atoms with Crippen molar-refractivity contribution < 1.29 is 14.3 Å². The van der Waals surface area contributed by atoms with Gasteiger partial charge in [0.2, 0.25) is 0 Å². The summed E-state index contributed by atoms with van der Waals surface area (Å²) in [6.45, 7) is 10.3. The van der Waals surface area contributed by atoms with Crippen LogP contribution in [0, 0.1) is 11.3 Å². The number of methoxy groups -OCH3 is 1. The van der Waals surface area contributed by atoms with Crippen molar-refractivity contribution in [1.29, 1.82) is 5.26 Å². The highest BCUT2D eigenvalue weighted by Crippen LogP contribution is 2.34. The van der Waals surface area contributed by atoms with E-state index in [1.54, 1.807) is 12.0 Å². The molecule has 0 aromatic carbocycles. The first-order chi connectivity index (χ1) is 10.6. The van der Waals surface area contributed by atoms with Crippen LogP contribution in [0.25, 0.3) is 0 Å². The molecule has 23 heavy (non-hydrogen) atoms. The molecule has 2 heterocycles. The lowest BCUT2D eigenvalue weighted by molar-refractivity contribution is -0.0571. The molecule has 0 aromatic rings. The van der Waals surface area contributed by atoms with E-state index in [2.05, 4.69) is 17.9 Å². The summed E-state index contributed by atoms with van der Waals surface area (Å²) in [6, 6.07) is 2.48. The zero-order valence-corrected chi connectivity index (χ0v) is 15.0. The Morgan fingerprint density at radius 2 is 1.78 bits per heavy atom. The molecule has 0 aliphatic carbocycles. The molecule has 2 aliphatic heterocycles. The Labute approximate surface area is 139 Å². The first-order valence-electron chi connectivity index (χ1n) is 8.32. The lowest BCUT2D eigenvalue weighted by Crippen LogP contribution is -2.56. The van der Waals surface area contributed by atoms with Gasteiger partial charge < -0.3 is 14.4 Å². The van der Waals surface area contributed by atoms with Crippen LogP contribution >= 0.6 is 0 Å². The third kappa shape index (κ3) is 3.96. The van der Waals surface area contributed by atoms with Crippen LogP contribution in [0.3, 0.4) is 0 Å². The Morgan fingerprint density at radius 1 is 1.17 bits per heavy atom. The van der Waals surface area contributed by atoms with E-state index in [1.165, 1.54) is 0 Å². The van der Waals surface area contributed by atoms with Crippen LogP contribution in [0.2, 0.25) is 0 Å². The zero-order valence-electron chi connectivity index (χ0n) is 15.0. The van der Waals surface area contributed by atoms with Gasteiger partial charge in [-0.05, 0) is 47.0 Å². The average molecular weight is 323 g/mol. The van der Waals surface area contributed by atoms with Gasteiger partial charge in [-0.25, -0.2) is 4.79 Å². The van der Waals surface area contributed by atoms with Crippen molar-refractivity contribution in [3.63, 3.8) is 0 Å². The zero-order chi connectivity index (χ0) is 17.3. The number of likely N-dealkylation sites (tertiary alicyclic amines) is 2. The normalized spacial score (nSPS) is 28.4. The molecule has 1 amide bonds. The van der Waals surface area contributed by atoms with Crippen LogP contribution in [0.4, 0.5) is 4.79 Å². The molecule has 2 saturated heterocycles. The van der Waals surface area contributed by atoms with Crippen LogP contribution in [-0.4, -0.2) is 65.9 Å². The fourth-order valence-electron chi connectivity index (χ4n) is 3.31. The molecule has 2 aliphatic rings. The highest BCUT2D eigenvalue weighted by molar-refractivity contribution is 5.69. The lowest BCUT2D eigenvalue weighted by atomic mass is 9.88. The van der Waals surface area contributed by atoms with Gasteiger partial charge in [0.1, 0.15) is 11.1 Å². The number of amides is 1. The minimum atomic E-state index is -0.591. The van der Waals surface area contributed by atoms with Gasteiger partial charge in [-0.15, -0.1) is 0 Å². The van der Waals surface area contributed by atoms with Crippen molar-refractivity contribution in [2.24, 2.45) is 0 Å². The maximum absolute atomic E-state index is 12.3. The molecule has 1 atom stereocenters. The van der Waals surface area contributed by atoms with Crippen LogP contribution < -0.4 is 0 Å². The number of ether oxygens (including phenoxy) is 2. The SMILES string of the molecule is COC1(C)CCN(C2(C#N)CCN(C(=O)OC(C)(C)C)C2)CC1. The monoisotopic (exact) mass is 323 g/mol. The van der Waals surface area contributed by atoms with Crippen molar-refractivity contribution in [3.05, 3.63) is 0 Å². The fourth-order valence-corrected chi connectivity index (χ4v) is 3.31. The van der Waals surface area contributed by atoms with Crippen LogP contribution in [-0.2, 0) is 9.47 Å². The highest BCUT2D eigenvalue weighted by atomic mass is 16.6. The van der Waals surface area contributed by atoms with Gasteiger partial charge in [0, 0.05) is 26.7 Å². The Bertz CT molecular complexity index is 486. The van der Waals surface area contributed by atoms with Crippen molar-refractivity contribution in [1.82, 2.24) is 9.80 Å². The van der Waals surface area contributed by atoms with Gasteiger partial charge in [0.25, 0.3) is 0 Å². The number of carbonyl (C=O) groups excluding carboxylic acids is 1. The number of nitrogens with zero attached hydrogens (tertiary/aromatic N) is 3. The van der Waals surface area contributed by atoms with Crippen molar-refractivity contribution in [3.8, 4) is 6.07 Å². The number of piperidine rings is 1. The molecule has 6 nitrogen and oxygen atoms in total. The first-order valence-corrected chi connectivity index (χ1v) is 8.32. The minimum absolute atomic E-state index is 0.101. The van der Waals surface area contributed by atoms with Gasteiger partial charge in [0.15, 0.2) is 0 Å². The third-order valence-electron chi connectivity index (χ3n) is 5.03. The molecular weight excluding hydrogens is 294 g/mol. The van der Waals surface area contributed by atoms with E-state index in [0.717, 1.165) is 25.9 Å². The van der Waals surface area contributed by atoms with Crippen LogP contribution in [0.15, 0.2) is 0 Å². The van der Waals surface area contributed by atoms with Gasteiger partial charge in [-0.2, -0.15) is 5.26 Å². The van der Waals surface area contributed by atoms with E-state index in [1.807, 2.05) is 20.8 Å². The van der Waals surface area contributed by atoms with E-state index in [-0.39, 0.29) is 11.7 Å². The lowest BCUT2D eigenvalue weighted by Gasteiger charge is -2.44. The van der Waals surface area contributed by atoms with E-state index >= 15 is 0 Å². The number of carbonyl (C=O) groups is 1. The summed E-state index contributed by atoms with van der Waals surface area (Å²) in [4.78, 5) is 16.1. The quantitative estimate of drug-likeness (QED) is 0.780. The standard InChI is InChI=1S/C17H29N3O3/c1-15(2,3)23-14(21)19-9-8-17(12-18,13-19)20-10-6-16(4,22-5)7-11-20/h6-11,13H2,1-5H3. The topological polar surface area (TPSA) is 65.8 Å². The summed E-state index contributed by atoms with van der Waals surface area (Å²) in [7, 11) is 1.75. The average Bonchev–Trinajstić information content (AvgIpc) is 2.92. The Hall–Kier alpha value is -1.32. The largest absolute Gasteiger partial charge is 0.444 e. The number of hydrogen-bond donors (Lipinski definition) is 0. The molecule has 0 spiro atoms. The molecular formula is C17H29N3O3. The summed E-state index contributed by atoms with van der Waals surface area (Å²) in [6.07, 6.45) is 2.15. The first kappa shape index (κ1) is 18.0. The summed E-state index contributed by atoms with van der Waals surface area (Å²) >= 11 is 0. The molecule has 6 heteroatoms.